The van der Waals surface area contributed by atoms with E-state index >= 15 is 0 Å². The van der Waals surface area contributed by atoms with Crippen molar-refractivity contribution in [2.45, 2.75) is 65.3 Å². The monoisotopic (exact) mass is 395 g/mol. The fourth-order valence-electron chi connectivity index (χ4n) is 2.49. The first kappa shape index (κ1) is 22.5. The van der Waals surface area contributed by atoms with Crippen molar-refractivity contribution in [2.75, 3.05) is 20.2 Å². The first-order valence-corrected chi connectivity index (χ1v) is 9.44. The molecule has 1 aliphatic rings. The van der Waals surface area contributed by atoms with Gasteiger partial charge in [0.15, 0.2) is 0 Å². The van der Waals surface area contributed by atoms with E-state index in [2.05, 4.69) is 0 Å². The fourth-order valence-corrected chi connectivity index (χ4v) is 2.49. The Morgan fingerprint density at radius 2 is 1.75 bits per heavy atom. The van der Waals surface area contributed by atoms with E-state index < -0.39 is 35.8 Å². The molecule has 2 rings (SSSR count). The lowest BCUT2D eigenvalue weighted by Crippen LogP contribution is -2.41. The number of amides is 1. The van der Waals surface area contributed by atoms with Crippen LogP contribution < -0.4 is 10.2 Å². The van der Waals surface area contributed by atoms with Crippen molar-refractivity contribution >= 4 is 18.7 Å². The molecule has 1 heterocycles. The lowest BCUT2D eigenvalue weighted by atomic mass is 9.78. The molecule has 28 heavy (non-hydrogen) atoms. The van der Waals surface area contributed by atoms with Gasteiger partial charge in [-0.05, 0) is 54.5 Å². The van der Waals surface area contributed by atoms with Crippen LogP contribution in [-0.2, 0) is 14.0 Å². The quantitative estimate of drug-likeness (QED) is 0.716. The summed E-state index contributed by atoms with van der Waals surface area (Å²) in [6.07, 6.45) is -0.432. The second-order valence-electron chi connectivity index (χ2n) is 9.02. The van der Waals surface area contributed by atoms with Gasteiger partial charge in [-0.2, -0.15) is 0 Å². The lowest BCUT2D eigenvalue weighted by Gasteiger charge is -2.32. The SMILES string of the molecule is CN(CCOc1ccc(B2OC(C)(C)C(C)(C)O2)c(F)c1)C(=O)OC(C)(C)C. The largest absolute Gasteiger partial charge is 0.497 e. The highest BCUT2D eigenvalue weighted by atomic mass is 19.1. The summed E-state index contributed by atoms with van der Waals surface area (Å²) in [5.41, 5.74) is -1.30. The molecular formula is C20H31BFNO5. The fraction of sp³-hybridized carbons (Fsp3) is 0.650. The van der Waals surface area contributed by atoms with Crippen LogP contribution in [0.25, 0.3) is 0 Å². The summed E-state index contributed by atoms with van der Waals surface area (Å²) in [6.45, 7) is 13.6. The molecule has 0 radical (unpaired) electrons. The molecule has 0 saturated carbocycles. The van der Waals surface area contributed by atoms with E-state index in [1.807, 2.05) is 27.7 Å². The van der Waals surface area contributed by atoms with Gasteiger partial charge in [0.05, 0.1) is 17.7 Å². The first-order valence-electron chi connectivity index (χ1n) is 9.44. The van der Waals surface area contributed by atoms with Gasteiger partial charge in [-0.25, -0.2) is 9.18 Å². The minimum absolute atomic E-state index is 0.213. The molecular weight excluding hydrogens is 364 g/mol. The van der Waals surface area contributed by atoms with Crippen LogP contribution in [0, 0.1) is 5.82 Å². The van der Waals surface area contributed by atoms with Crippen LogP contribution in [0.15, 0.2) is 18.2 Å². The highest BCUT2D eigenvalue weighted by Crippen LogP contribution is 2.36. The van der Waals surface area contributed by atoms with Crippen LogP contribution in [0.1, 0.15) is 48.5 Å². The maximum Gasteiger partial charge on any atom is 0.497 e. The Hall–Kier alpha value is -1.80. The molecule has 1 saturated heterocycles. The molecule has 1 amide bonds. The molecule has 0 bridgehead atoms. The molecule has 1 aromatic rings. The minimum Gasteiger partial charge on any atom is -0.492 e. The Morgan fingerprint density at radius 3 is 2.25 bits per heavy atom. The summed E-state index contributed by atoms with van der Waals surface area (Å²) in [5, 5.41) is 0. The Bertz CT molecular complexity index is 701. The smallest absolute Gasteiger partial charge is 0.492 e. The zero-order chi connectivity index (χ0) is 21.3. The van der Waals surface area contributed by atoms with Crippen molar-refractivity contribution < 1.29 is 28.0 Å². The van der Waals surface area contributed by atoms with Crippen LogP contribution in [0.5, 0.6) is 5.75 Å². The summed E-state index contributed by atoms with van der Waals surface area (Å²) < 4.78 is 37.2. The standard InChI is InChI=1S/C20H31BFNO5/c1-18(2,3)26-17(24)23(8)11-12-25-14-9-10-15(16(22)13-14)21-27-19(4,5)20(6,7)28-21/h9-10,13H,11-12H2,1-8H3. The van der Waals surface area contributed by atoms with Gasteiger partial charge >= 0.3 is 13.2 Å². The molecule has 8 heteroatoms. The number of likely N-dealkylation sites (N-methyl/N-ethyl adjacent to an activating group) is 1. The highest BCUT2D eigenvalue weighted by molar-refractivity contribution is 6.62. The van der Waals surface area contributed by atoms with Gasteiger partial charge in [-0.1, -0.05) is 6.07 Å². The predicted molar refractivity (Wildman–Crippen MR) is 106 cm³/mol. The molecule has 0 spiro atoms. The number of halogens is 1. The topological polar surface area (TPSA) is 57.2 Å². The van der Waals surface area contributed by atoms with Gasteiger partial charge in [0, 0.05) is 18.6 Å². The molecule has 0 aliphatic carbocycles. The Labute approximate surface area is 167 Å². The van der Waals surface area contributed by atoms with Crippen molar-refractivity contribution in [1.29, 1.82) is 0 Å². The third-order valence-corrected chi connectivity index (χ3v) is 4.88. The van der Waals surface area contributed by atoms with Crippen molar-refractivity contribution in [3.05, 3.63) is 24.0 Å². The van der Waals surface area contributed by atoms with Crippen molar-refractivity contribution in [3.8, 4) is 5.75 Å². The average Bonchev–Trinajstić information content (AvgIpc) is 2.73. The van der Waals surface area contributed by atoms with Gasteiger partial charge in [-0.3, -0.25) is 0 Å². The molecule has 156 valence electrons. The number of ether oxygens (including phenoxy) is 2. The zero-order valence-corrected chi connectivity index (χ0v) is 18.1. The van der Waals surface area contributed by atoms with E-state index in [9.17, 15) is 9.18 Å². The number of carbonyl (C=O) groups excluding carboxylic acids is 1. The van der Waals surface area contributed by atoms with Gasteiger partial charge in [0.2, 0.25) is 0 Å². The summed E-state index contributed by atoms with van der Waals surface area (Å²) in [7, 11) is 0.858. The molecule has 0 unspecified atom stereocenters. The first-order chi connectivity index (χ1) is 12.7. The van der Waals surface area contributed by atoms with Gasteiger partial charge in [0.25, 0.3) is 0 Å². The number of hydrogen-bond acceptors (Lipinski definition) is 5. The second-order valence-corrected chi connectivity index (χ2v) is 9.02. The van der Waals surface area contributed by atoms with E-state index in [0.29, 0.717) is 17.8 Å². The summed E-state index contributed by atoms with van der Waals surface area (Å²) in [5.74, 6) is -0.0909. The molecule has 1 aliphatic heterocycles. The number of carbonyl (C=O) groups is 1. The van der Waals surface area contributed by atoms with Gasteiger partial charge in [-0.15, -0.1) is 0 Å². The second kappa shape index (κ2) is 7.91. The third-order valence-electron chi connectivity index (χ3n) is 4.88. The van der Waals surface area contributed by atoms with Crippen molar-refractivity contribution in [3.63, 3.8) is 0 Å². The van der Waals surface area contributed by atoms with E-state index in [0.717, 1.165) is 0 Å². The third kappa shape index (κ3) is 5.38. The predicted octanol–water partition coefficient (Wildman–Crippen LogP) is 3.37. The zero-order valence-electron chi connectivity index (χ0n) is 18.1. The lowest BCUT2D eigenvalue weighted by molar-refractivity contribution is 0.00578. The van der Waals surface area contributed by atoms with Crippen LogP contribution >= 0.6 is 0 Å². The summed E-state index contributed by atoms with van der Waals surface area (Å²) in [6, 6.07) is 4.56. The Kier molecular flexibility index (Phi) is 6.36. The highest BCUT2D eigenvalue weighted by Gasteiger charge is 2.52. The van der Waals surface area contributed by atoms with Crippen LogP contribution in [0.3, 0.4) is 0 Å². The molecule has 6 nitrogen and oxygen atoms in total. The number of hydrogen-bond donors (Lipinski definition) is 0. The van der Waals surface area contributed by atoms with E-state index in [1.165, 1.54) is 11.0 Å². The van der Waals surface area contributed by atoms with Crippen LogP contribution in [0.4, 0.5) is 9.18 Å². The van der Waals surface area contributed by atoms with Crippen molar-refractivity contribution in [2.24, 2.45) is 0 Å². The normalized spacial score (nSPS) is 18.1. The van der Waals surface area contributed by atoms with Crippen LogP contribution in [0.2, 0.25) is 0 Å². The molecule has 0 aromatic heterocycles. The minimum atomic E-state index is -0.766. The summed E-state index contributed by atoms with van der Waals surface area (Å²) >= 11 is 0. The molecule has 0 atom stereocenters. The Balaban J connectivity index is 1.92. The average molecular weight is 395 g/mol. The summed E-state index contributed by atoms with van der Waals surface area (Å²) in [4.78, 5) is 13.3. The van der Waals surface area contributed by atoms with Gasteiger partial charge in [0.1, 0.15) is 23.8 Å². The number of benzene rings is 1. The van der Waals surface area contributed by atoms with E-state index in [4.69, 9.17) is 18.8 Å². The number of rotatable bonds is 5. The number of nitrogens with zero attached hydrogens (tertiary/aromatic N) is 1. The van der Waals surface area contributed by atoms with E-state index in [-0.39, 0.29) is 6.61 Å². The maximum absolute atomic E-state index is 14.6. The maximum atomic E-state index is 14.6. The molecule has 0 N–H and O–H groups in total. The Morgan fingerprint density at radius 1 is 1.18 bits per heavy atom. The molecule has 1 aromatic carbocycles. The molecule has 1 fully saturated rings. The van der Waals surface area contributed by atoms with Crippen LogP contribution in [-0.4, -0.2) is 55.1 Å². The van der Waals surface area contributed by atoms with E-state index in [1.54, 1.807) is 40.0 Å². The van der Waals surface area contributed by atoms with Crippen molar-refractivity contribution in [1.82, 2.24) is 4.90 Å². The van der Waals surface area contributed by atoms with Gasteiger partial charge < -0.3 is 23.7 Å².